The molecule has 19 heavy (non-hydrogen) atoms. The number of benzene rings is 1. The molecular formula is C16H15N3. The molecule has 0 bridgehead atoms. The molecule has 94 valence electrons. The maximum absolute atomic E-state index is 9.19. The lowest BCUT2D eigenvalue weighted by Gasteiger charge is -2.48. The third-order valence-corrected chi connectivity index (χ3v) is 3.68. The Hall–Kier alpha value is -2.34. The first-order valence-electron chi connectivity index (χ1n) is 6.48. The van der Waals surface area contributed by atoms with Crippen LogP contribution in [0.4, 0.5) is 5.82 Å². The topological polar surface area (TPSA) is 39.9 Å². The largest absolute Gasteiger partial charge is 0.348 e. The highest BCUT2D eigenvalue weighted by molar-refractivity contribution is 5.57. The zero-order chi connectivity index (χ0) is 13.2. The summed E-state index contributed by atoms with van der Waals surface area (Å²) in [6.07, 6.45) is 1.75. The van der Waals surface area contributed by atoms with Crippen molar-refractivity contribution in [1.29, 1.82) is 5.26 Å². The van der Waals surface area contributed by atoms with E-state index in [2.05, 4.69) is 47.1 Å². The van der Waals surface area contributed by atoms with Crippen molar-refractivity contribution in [1.82, 2.24) is 4.98 Å². The van der Waals surface area contributed by atoms with Crippen molar-refractivity contribution in [2.24, 2.45) is 5.92 Å². The molecule has 0 N–H and O–H groups in total. The number of anilines is 1. The van der Waals surface area contributed by atoms with E-state index in [-0.39, 0.29) is 0 Å². The Morgan fingerprint density at radius 1 is 1.21 bits per heavy atom. The van der Waals surface area contributed by atoms with Gasteiger partial charge in [0.1, 0.15) is 11.9 Å². The summed E-state index contributed by atoms with van der Waals surface area (Å²) >= 11 is 0. The van der Waals surface area contributed by atoms with Crippen molar-refractivity contribution in [3.8, 4) is 6.07 Å². The average Bonchev–Trinajstić information content (AvgIpc) is 2.45. The van der Waals surface area contributed by atoms with Gasteiger partial charge < -0.3 is 4.90 Å². The quantitative estimate of drug-likeness (QED) is 0.820. The summed E-state index contributed by atoms with van der Waals surface area (Å²) < 4.78 is 0. The van der Waals surface area contributed by atoms with Gasteiger partial charge in [0.05, 0.1) is 11.6 Å². The Bertz CT molecular complexity index is 615. The van der Waals surface area contributed by atoms with E-state index in [1.54, 1.807) is 6.20 Å². The normalized spacial score (nSPS) is 21.6. The van der Waals surface area contributed by atoms with Gasteiger partial charge in [-0.25, -0.2) is 4.98 Å². The van der Waals surface area contributed by atoms with E-state index in [1.807, 2.05) is 18.2 Å². The molecule has 2 aromatic rings. The van der Waals surface area contributed by atoms with Crippen LogP contribution in [0.2, 0.25) is 0 Å². The molecule has 3 heteroatoms. The van der Waals surface area contributed by atoms with Gasteiger partial charge in [-0.05, 0) is 23.6 Å². The van der Waals surface area contributed by atoms with Crippen molar-refractivity contribution in [3.63, 3.8) is 0 Å². The first-order valence-corrected chi connectivity index (χ1v) is 6.48. The van der Waals surface area contributed by atoms with Crippen LogP contribution in [0.5, 0.6) is 0 Å². The van der Waals surface area contributed by atoms with Crippen LogP contribution in [0.3, 0.4) is 0 Å². The minimum absolute atomic E-state index is 0.322. The summed E-state index contributed by atoms with van der Waals surface area (Å²) in [6, 6.07) is 16.6. The fourth-order valence-electron chi connectivity index (χ4n) is 2.78. The molecule has 0 aliphatic carbocycles. The van der Waals surface area contributed by atoms with Gasteiger partial charge in [0.25, 0.3) is 0 Å². The molecule has 1 aliphatic heterocycles. The second kappa shape index (κ2) is 4.74. The first-order chi connectivity index (χ1) is 9.31. The van der Waals surface area contributed by atoms with E-state index < -0.39 is 0 Å². The molecule has 1 aromatic carbocycles. The highest BCUT2D eigenvalue weighted by Crippen LogP contribution is 2.41. The molecule has 0 spiro atoms. The van der Waals surface area contributed by atoms with E-state index in [4.69, 9.17) is 0 Å². The van der Waals surface area contributed by atoms with Crippen molar-refractivity contribution < 1.29 is 0 Å². The average molecular weight is 249 g/mol. The number of hydrogen-bond donors (Lipinski definition) is 0. The maximum Gasteiger partial charge on any atom is 0.147 e. The van der Waals surface area contributed by atoms with Gasteiger partial charge in [-0.3, -0.25) is 0 Å². The lowest BCUT2D eigenvalue weighted by molar-refractivity contribution is 0.322. The maximum atomic E-state index is 9.19. The van der Waals surface area contributed by atoms with Crippen LogP contribution in [0, 0.1) is 17.2 Å². The first kappa shape index (κ1) is 11.7. The smallest absolute Gasteiger partial charge is 0.147 e. The van der Waals surface area contributed by atoms with Crippen LogP contribution in [0.15, 0.2) is 48.7 Å². The van der Waals surface area contributed by atoms with Gasteiger partial charge in [0.15, 0.2) is 0 Å². The highest BCUT2D eigenvalue weighted by atomic mass is 15.3. The molecule has 0 amide bonds. The van der Waals surface area contributed by atoms with Crippen LogP contribution < -0.4 is 4.90 Å². The van der Waals surface area contributed by atoms with Crippen LogP contribution in [0.25, 0.3) is 0 Å². The van der Waals surface area contributed by atoms with Crippen LogP contribution in [-0.4, -0.2) is 11.5 Å². The molecule has 2 unspecified atom stereocenters. The molecule has 0 saturated carbocycles. The van der Waals surface area contributed by atoms with Gasteiger partial charge in [0, 0.05) is 12.7 Å². The predicted molar refractivity (Wildman–Crippen MR) is 74.6 cm³/mol. The van der Waals surface area contributed by atoms with Gasteiger partial charge in [0.2, 0.25) is 0 Å². The van der Waals surface area contributed by atoms with Gasteiger partial charge in [-0.15, -0.1) is 0 Å². The van der Waals surface area contributed by atoms with Crippen LogP contribution >= 0.6 is 0 Å². The summed E-state index contributed by atoms with van der Waals surface area (Å²) in [6.45, 7) is 3.19. The summed E-state index contributed by atoms with van der Waals surface area (Å²) in [5.74, 6) is 1.38. The standard InChI is InChI=1S/C16H15N3/c1-12-11-19(15(12)13-6-3-2-4-7-13)16-14(10-17)8-5-9-18-16/h2-9,12,15H,11H2,1H3. The molecule has 1 saturated heterocycles. The molecule has 3 nitrogen and oxygen atoms in total. The molecule has 1 aromatic heterocycles. The predicted octanol–water partition coefficient (Wildman–Crippen LogP) is 3.15. The highest BCUT2D eigenvalue weighted by Gasteiger charge is 2.38. The number of nitriles is 1. The lowest BCUT2D eigenvalue weighted by Crippen LogP contribution is -2.49. The summed E-state index contributed by atoms with van der Waals surface area (Å²) in [7, 11) is 0. The van der Waals surface area contributed by atoms with Crippen LogP contribution in [-0.2, 0) is 0 Å². The molecule has 1 aliphatic rings. The Morgan fingerprint density at radius 3 is 2.68 bits per heavy atom. The van der Waals surface area contributed by atoms with Crippen molar-refractivity contribution >= 4 is 5.82 Å². The van der Waals surface area contributed by atoms with Gasteiger partial charge >= 0.3 is 0 Å². The van der Waals surface area contributed by atoms with Crippen molar-refractivity contribution in [3.05, 3.63) is 59.8 Å². The number of aromatic nitrogens is 1. The van der Waals surface area contributed by atoms with E-state index in [9.17, 15) is 5.26 Å². The Balaban J connectivity index is 1.97. The Labute approximate surface area is 113 Å². The molecule has 2 atom stereocenters. The zero-order valence-electron chi connectivity index (χ0n) is 10.8. The number of pyridine rings is 1. The Morgan fingerprint density at radius 2 is 2.00 bits per heavy atom. The molecule has 1 fully saturated rings. The van der Waals surface area contributed by atoms with Crippen molar-refractivity contribution in [2.45, 2.75) is 13.0 Å². The third kappa shape index (κ3) is 1.96. The van der Waals surface area contributed by atoms with E-state index in [1.165, 1.54) is 5.56 Å². The molecule has 3 rings (SSSR count). The SMILES string of the molecule is CC1CN(c2ncccc2C#N)C1c1ccccc1. The number of hydrogen-bond acceptors (Lipinski definition) is 3. The minimum Gasteiger partial charge on any atom is -0.348 e. The van der Waals surface area contributed by atoms with E-state index in [0.29, 0.717) is 17.5 Å². The van der Waals surface area contributed by atoms with E-state index >= 15 is 0 Å². The minimum atomic E-state index is 0.322. The second-order valence-electron chi connectivity index (χ2n) is 4.97. The molecule has 2 heterocycles. The summed E-state index contributed by atoms with van der Waals surface area (Å²) in [5, 5.41) is 9.19. The summed E-state index contributed by atoms with van der Waals surface area (Å²) in [4.78, 5) is 6.61. The third-order valence-electron chi connectivity index (χ3n) is 3.68. The van der Waals surface area contributed by atoms with Gasteiger partial charge in [-0.1, -0.05) is 37.3 Å². The van der Waals surface area contributed by atoms with Gasteiger partial charge in [-0.2, -0.15) is 5.26 Å². The lowest BCUT2D eigenvalue weighted by atomic mass is 9.84. The fraction of sp³-hybridized carbons (Fsp3) is 0.250. The van der Waals surface area contributed by atoms with E-state index in [0.717, 1.165) is 12.4 Å². The van der Waals surface area contributed by atoms with Crippen molar-refractivity contribution in [2.75, 3.05) is 11.4 Å². The zero-order valence-corrected chi connectivity index (χ0v) is 10.8. The molecular weight excluding hydrogens is 234 g/mol. The van der Waals surface area contributed by atoms with Crippen LogP contribution in [0.1, 0.15) is 24.1 Å². The molecule has 0 radical (unpaired) electrons. The summed E-state index contributed by atoms with van der Waals surface area (Å²) in [5.41, 5.74) is 1.94. The fourth-order valence-corrected chi connectivity index (χ4v) is 2.78. The number of rotatable bonds is 2. The second-order valence-corrected chi connectivity index (χ2v) is 4.97. The monoisotopic (exact) mass is 249 g/mol. The Kier molecular flexibility index (Phi) is 2.92. The number of nitrogens with zero attached hydrogens (tertiary/aromatic N) is 3.